The summed E-state index contributed by atoms with van der Waals surface area (Å²) >= 11 is 0. The summed E-state index contributed by atoms with van der Waals surface area (Å²) in [7, 11) is 4.72. The predicted molar refractivity (Wildman–Crippen MR) is 70.8 cm³/mol. The van der Waals surface area contributed by atoms with E-state index in [0.29, 0.717) is 25.0 Å². The average Bonchev–Trinajstić information content (AvgIpc) is 2.90. The van der Waals surface area contributed by atoms with Crippen molar-refractivity contribution in [1.82, 2.24) is 0 Å². The molecule has 0 aromatic rings. The summed E-state index contributed by atoms with van der Waals surface area (Å²) in [5.74, 6) is 0.922. The van der Waals surface area contributed by atoms with E-state index >= 15 is 0 Å². The topological polar surface area (TPSA) is 55.4 Å². The van der Waals surface area contributed by atoms with Gasteiger partial charge in [-0.25, -0.2) is 0 Å². The van der Waals surface area contributed by atoms with E-state index in [9.17, 15) is 0 Å². The highest BCUT2D eigenvalue weighted by Crippen LogP contribution is 2.54. The fourth-order valence-electron chi connectivity index (χ4n) is 3.13. The summed E-state index contributed by atoms with van der Waals surface area (Å²) in [4.78, 5) is 0. The van der Waals surface area contributed by atoms with Gasteiger partial charge in [-0.3, -0.25) is 0 Å². The zero-order chi connectivity index (χ0) is 14.8. The van der Waals surface area contributed by atoms with Crippen LogP contribution >= 0.6 is 0 Å². The molecule has 6 nitrogen and oxygen atoms in total. The molecule has 1 heterocycles. The lowest BCUT2D eigenvalue weighted by molar-refractivity contribution is -0.283. The molecular weight excluding hydrogens is 264 g/mol. The van der Waals surface area contributed by atoms with Gasteiger partial charge in [-0.1, -0.05) is 13.8 Å². The minimum atomic E-state index is -0.589. The Morgan fingerprint density at radius 2 is 1.90 bits per heavy atom. The highest BCUT2D eigenvalue weighted by Gasteiger charge is 2.53. The molecule has 0 N–H and O–H groups in total. The molecule has 0 spiro atoms. The highest BCUT2D eigenvalue weighted by molar-refractivity contribution is 5.00. The second-order valence-electron chi connectivity index (χ2n) is 5.99. The Balaban J connectivity index is 1.80. The van der Waals surface area contributed by atoms with Gasteiger partial charge in [-0.05, 0) is 23.7 Å². The van der Waals surface area contributed by atoms with Gasteiger partial charge >= 0.3 is 0 Å². The number of hydrogen-bond donors (Lipinski definition) is 0. The van der Waals surface area contributed by atoms with E-state index in [1.807, 2.05) is 0 Å². The van der Waals surface area contributed by atoms with Gasteiger partial charge in [-0.15, -0.1) is 0 Å². The minimum absolute atomic E-state index is 0.104. The van der Waals surface area contributed by atoms with Crippen molar-refractivity contribution in [1.29, 1.82) is 0 Å². The Hall–Kier alpha value is -0.240. The number of rotatable bonds is 7. The molecule has 118 valence electrons. The maximum atomic E-state index is 5.73. The van der Waals surface area contributed by atoms with Gasteiger partial charge < -0.3 is 28.4 Å². The predicted octanol–water partition coefficient (Wildman–Crippen LogP) is 1.59. The molecular formula is C14H26O6. The van der Waals surface area contributed by atoms with Gasteiger partial charge in [0.15, 0.2) is 0 Å². The van der Waals surface area contributed by atoms with Gasteiger partial charge in [0, 0.05) is 21.3 Å². The van der Waals surface area contributed by atoms with E-state index in [0.717, 1.165) is 6.42 Å². The third-order valence-corrected chi connectivity index (χ3v) is 4.69. The van der Waals surface area contributed by atoms with Crippen molar-refractivity contribution >= 4 is 0 Å². The third-order valence-electron chi connectivity index (χ3n) is 4.69. The number of ether oxygens (including phenoxy) is 6. The Bertz CT molecular complexity index is 304. The Morgan fingerprint density at radius 1 is 1.20 bits per heavy atom. The molecule has 20 heavy (non-hydrogen) atoms. The maximum Gasteiger partial charge on any atom is 0.271 e. The first-order valence-electron chi connectivity index (χ1n) is 7.00. The first-order valence-corrected chi connectivity index (χ1v) is 7.00. The van der Waals surface area contributed by atoms with Crippen LogP contribution in [0.3, 0.4) is 0 Å². The van der Waals surface area contributed by atoms with Crippen LogP contribution in [0.25, 0.3) is 0 Å². The number of methoxy groups -OCH3 is 3. The van der Waals surface area contributed by atoms with Gasteiger partial charge in [0.2, 0.25) is 0 Å². The van der Waals surface area contributed by atoms with E-state index < -0.39 is 13.0 Å². The number of hydrogen-bond acceptors (Lipinski definition) is 6. The van der Waals surface area contributed by atoms with Crippen molar-refractivity contribution in [2.45, 2.75) is 39.3 Å². The Labute approximate surface area is 120 Å². The summed E-state index contributed by atoms with van der Waals surface area (Å²) in [6.45, 7) is 4.60. The van der Waals surface area contributed by atoms with Gasteiger partial charge in [-0.2, -0.15) is 0 Å². The normalized spacial score (nSPS) is 36.3. The van der Waals surface area contributed by atoms with Crippen LogP contribution in [-0.4, -0.2) is 53.6 Å². The van der Waals surface area contributed by atoms with E-state index in [2.05, 4.69) is 13.8 Å². The molecule has 0 radical (unpaired) electrons. The van der Waals surface area contributed by atoms with Gasteiger partial charge in [0.05, 0.1) is 19.3 Å². The molecule has 0 amide bonds. The van der Waals surface area contributed by atoms with Crippen molar-refractivity contribution in [3.05, 3.63) is 0 Å². The van der Waals surface area contributed by atoms with Gasteiger partial charge in [0.1, 0.15) is 0 Å². The first-order chi connectivity index (χ1) is 9.52. The van der Waals surface area contributed by atoms with Crippen LogP contribution < -0.4 is 0 Å². The highest BCUT2D eigenvalue weighted by atomic mass is 16.9. The maximum absolute atomic E-state index is 5.73. The molecule has 2 aliphatic rings. The lowest BCUT2D eigenvalue weighted by Crippen LogP contribution is -2.53. The monoisotopic (exact) mass is 290 g/mol. The van der Waals surface area contributed by atoms with Crippen LogP contribution in [0, 0.1) is 17.3 Å². The lowest BCUT2D eigenvalue weighted by Gasteiger charge is -2.54. The molecule has 1 saturated heterocycles. The lowest BCUT2D eigenvalue weighted by atomic mass is 9.53. The van der Waals surface area contributed by atoms with E-state index in [1.54, 1.807) is 21.3 Å². The fraction of sp³-hybridized carbons (Fsp3) is 1.00. The minimum Gasteiger partial charge on any atom is -0.333 e. The van der Waals surface area contributed by atoms with Crippen molar-refractivity contribution in [2.75, 3.05) is 34.5 Å². The smallest absolute Gasteiger partial charge is 0.271 e. The van der Waals surface area contributed by atoms with Crippen molar-refractivity contribution in [3.63, 3.8) is 0 Å². The zero-order valence-electron chi connectivity index (χ0n) is 13.0. The molecule has 0 aromatic heterocycles. The van der Waals surface area contributed by atoms with Crippen LogP contribution in [0.4, 0.5) is 0 Å². The van der Waals surface area contributed by atoms with E-state index in [-0.39, 0.29) is 11.5 Å². The third kappa shape index (κ3) is 3.16. The summed E-state index contributed by atoms with van der Waals surface area (Å²) < 4.78 is 31.9. The molecule has 6 heteroatoms. The van der Waals surface area contributed by atoms with Crippen LogP contribution in [0.2, 0.25) is 0 Å². The molecule has 0 bridgehead atoms. The van der Waals surface area contributed by atoms with E-state index in [1.165, 1.54) is 0 Å². The Kier molecular flexibility index (Phi) is 5.39. The molecule has 2 fully saturated rings. The zero-order valence-corrected chi connectivity index (χ0v) is 13.0. The van der Waals surface area contributed by atoms with Crippen LogP contribution in [0.1, 0.15) is 20.3 Å². The summed E-state index contributed by atoms with van der Waals surface area (Å²) in [5.41, 5.74) is 0.142. The summed E-state index contributed by atoms with van der Waals surface area (Å²) in [6.07, 6.45) is 1.16. The summed E-state index contributed by atoms with van der Waals surface area (Å²) in [5, 5.41) is 0. The molecule has 1 aliphatic heterocycles. The summed E-state index contributed by atoms with van der Waals surface area (Å²) in [6, 6.07) is 0. The fourth-order valence-corrected chi connectivity index (χ4v) is 3.13. The first kappa shape index (κ1) is 16.1. The van der Waals surface area contributed by atoms with Crippen molar-refractivity contribution in [2.24, 2.45) is 17.3 Å². The molecule has 2 rings (SSSR count). The van der Waals surface area contributed by atoms with E-state index in [4.69, 9.17) is 28.4 Å². The van der Waals surface area contributed by atoms with Gasteiger partial charge in [0.25, 0.3) is 13.0 Å². The van der Waals surface area contributed by atoms with Crippen molar-refractivity contribution in [3.8, 4) is 0 Å². The van der Waals surface area contributed by atoms with Crippen molar-refractivity contribution < 1.29 is 28.4 Å². The average molecular weight is 290 g/mol. The Morgan fingerprint density at radius 3 is 2.40 bits per heavy atom. The van der Waals surface area contributed by atoms with Crippen LogP contribution in [0.15, 0.2) is 0 Å². The quantitative estimate of drug-likeness (QED) is 0.664. The second-order valence-corrected chi connectivity index (χ2v) is 5.99. The molecule has 4 atom stereocenters. The second kappa shape index (κ2) is 6.68. The standard InChI is InChI=1S/C14H26O6/c1-14(2)9(7-18-12(15-3)16-4)6-10(14)11-8-19-13(17-5)20-11/h9-13H,6-8H2,1-5H3/t9-,10+,11+,13?/m0/s1. The van der Waals surface area contributed by atoms with Crippen LogP contribution in [0.5, 0.6) is 0 Å². The molecule has 1 unspecified atom stereocenters. The van der Waals surface area contributed by atoms with Crippen LogP contribution in [-0.2, 0) is 28.4 Å². The molecule has 0 aromatic carbocycles. The molecule has 1 aliphatic carbocycles. The largest absolute Gasteiger partial charge is 0.333 e. The SMILES string of the molecule is COC(OC)OC[C@@H]1C[C@H]([C@H]2COC(OC)O2)C1(C)C. The molecule has 1 saturated carbocycles.